The highest BCUT2D eigenvalue weighted by Gasteiger charge is 2.07. The van der Waals surface area contributed by atoms with Crippen LogP contribution >= 0.6 is 0 Å². The van der Waals surface area contributed by atoms with Gasteiger partial charge in [-0.2, -0.15) is 15.0 Å². The normalized spacial score (nSPS) is 10.9. The minimum absolute atomic E-state index is 0.212. The number of para-hydroxylation sites is 2. The summed E-state index contributed by atoms with van der Waals surface area (Å²) in [6.07, 6.45) is 1.19. The van der Waals surface area contributed by atoms with Crippen LogP contribution in [0, 0.1) is 0 Å². The molecule has 1 aromatic heterocycles. The molecule has 9 heteroatoms. The van der Waals surface area contributed by atoms with E-state index in [1.165, 1.54) is 6.20 Å². The van der Waals surface area contributed by atoms with Gasteiger partial charge in [0.1, 0.15) is 12.4 Å². The molecule has 3 aromatic rings. The summed E-state index contributed by atoms with van der Waals surface area (Å²) in [5.74, 6) is 0.634. The summed E-state index contributed by atoms with van der Waals surface area (Å²) in [5.41, 5.74) is 6.98. The molecule has 1 heterocycles. The number of nitrogens with zero attached hydrogens (tertiary/aromatic N) is 3. The van der Waals surface area contributed by atoms with E-state index in [0.717, 1.165) is 11.4 Å². The summed E-state index contributed by atoms with van der Waals surface area (Å²) < 4.78 is 0. The van der Waals surface area contributed by atoms with Gasteiger partial charge in [-0.25, -0.2) is 0 Å². The molecule has 0 unspecified atom stereocenters. The van der Waals surface area contributed by atoms with Gasteiger partial charge in [0.25, 0.3) is 0 Å². The van der Waals surface area contributed by atoms with Gasteiger partial charge in [-0.15, -0.1) is 0 Å². The fourth-order valence-corrected chi connectivity index (χ4v) is 2.07. The number of anilines is 5. The van der Waals surface area contributed by atoms with Crippen molar-refractivity contribution in [2.75, 3.05) is 22.7 Å². The summed E-state index contributed by atoms with van der Waals surface area (Å²) in [4.78, 5) is 12.9. The van der Waals surface area contributed by atoms with E-state index in [2.05, 4.69) is 36.4 Å². The Labute approximate surface area is 155 Å². The second-order valence-corrected chi connectivity index (χ2v) is 5.35. The van der Waals surface area contributed by atoms with Crippen molar-refractivity contribution in [3.05, 3.63) is 72.6 Å². The average molecular weight is 365 g/mol. The molecule has 3 rings (SSSR count). The molecule has 0 saturated heterocycles. The average Bonchev–Trinajstić information content (AvgIpc) is 2.69. The van der Waals surface area contributed by atoms with Crippen molar-refractivity contribution >= 4 is 29.2 Å². The molecule has 0 fully saturated rings. The number of aromatic nitrogens is 3. The Balaban J connectivity index is 1.82. The number of hydrazine groups is 1. The van der Waals surface area contributed by atoms with E-state index in [1.54, 1.807) is 0 Å². The highest BCUT2D eigenvalue weighted by atomic mass is 16.3. The summed E-state index contributed by atoms with van der Waals surface area (Å²) in [6, 6.07) is 19.0. The standard InChI is InChI=1S/C18H19N7O2/c26-12-15(27)11-19-25-18-23-16(20-13-7-3-1-4-8-13)22-17(24-18)21-14-9-5-2-6-10-14/h1-11,19,26-27H,12H2,(H3,20,21,22,23,24,25). The monoisotopic (exact) mass is 365 g/mol. The molecule has 0 aliphatic rings. The third-order valence-electron chi connectivity index (χ3n) is 3.28. The predicted molar refractivity (Wildman–Crippen MR) is 104 cm³/mol. The third kappa shape index (κ3) is 5.58. The van der Waals surface area contributed by atoms with Gasteiger partial charge < -0.3 is 26.3 Å². The number of aliphatic hydroxyl groups is 2. The molecule has 0 saturated carbocycles. The number of aliphatic hydroxyl groups excluding tert-OH is 2. The maximum absolute atomic E-state index is 9.27. The molecule has 0 bridgehead atoms. The summed E-state index contributed by atoms with van der Waals surface area (Å²) in [6.45, 7) is -0.479. The molecule has 138 valence electrons. The zero-order valence-corrected chi connectivity index (χ0v) is 14.3. The fourth-order valence-electron chi connectivity index (χ4n) is 2.07. The Morgan fingerprint density at radius 3 is 1.74 bits per heavy atom. The van der Waals surface area contributed by atoms with E-state index in [9.17, 15) is 5.11 Å². The topological polar surface area (TPSA) is 127 Å². The van der Waals surface area contributed by atoms with Crippen LogP contribution in [0.2, 0.25) is 0 Å². The van der Waals surface area contributed by atoms with Gasteiger partial charge in [0.15, 0.2) is 0 Å². The first-order chi connectivity index (χ1) is 13.2. The SMILES string of the molecule is OCC(O)=CNNc1nc(Nc2ccccc2)nc(Nc2ccccc2)n1. The van der Waals surface area contributed by atoms with Gasteiger partial charge in [-0.3, -0.25) is 5.43 Å². The second-order valence-electron chi connectivity index (χ2n) is 5.35. The van der Waals surface area contributed by atoms with Crippen LogP contribution < -0.4 is 21.5 Å². The minimum Gasteiger partial charge on any atom is -0.508 e. The Bertz CT molecular complexity index is 829. The van der Waals surface area contributed by atoms with Crippen LogP contribution in [0.4, 0.5) is 29.2 Å². The summed E-state index contributed by atoms with van der Waals surface area (Å²) >= 11 is 0. The van der Waals surface area contributed by atoms with E-state index in [0.29, 0.717) is 11.9 Å². The molecule has 0 aliphatic heterocycles. The Morgan fingerprint density at radius 1 is 0.778 bits per heavy atom. The predicted octanol–water partition coefficient (Wildman–Crippen LogP) is 2.67. The number of benzene rings is 2. The van der Waals surface area contributed by atoms with Crippen molar-refractivity contribution in [1.29, 1.82) is 0 Å². The van der Waals surface area contributed by atoms with Crippen molar-refractivity contribution in [2.24, 2.45) is 0 Å². The molecule has 0 atom stereocenters. The highest BCUT2D eigenvalue weighted by molar-refractivity contribution is 5.58. The van der Waals surface area contributed by atoms with Gasteiger partial charge in [-0.1, -0.05) is 36.4 Å². The van der Waals surface area contributed by atoms with E-state index in [-0.39, 0.29) is 11.7 Å². The van der Waals surface area contributed by atoms with Gasteiger partial charge in [0.2, 0.25) is 17.8 Å². The van der Waals surface area contributed by atoms with Crippen molar-refractivity contribution in [3.8, 4) is 0 Å². The first kappa shape index (κ1) is 18.0. The van der Waals surface area contributed by atoms with Crippen molar-refractivity contribution in [2.45, 2.75) is 0 Å². The lowest BCUT2D eigenvalue weighted by Gasteiger charge is -2.11. The van der Waals surface area contributed by atoms with Crippen LogP contribution in [-0.2, 0) is 0 Å². The van der Waals surface area contributed by atoms with Crippen LogP contribution in [0.5, 0.6) is 0 Å². The molecule has 9 nitrogen and oxygen atoms in total. The maximum Gasteiger partial charge on any atom is 0.248 e. The first-order valence-corrected chi connectivity index (χ1v) is 8.13. The molecule has 0 radical (unpaired) electrons. The number of hydrogen-bond acceptors (Lipinski definition) is 9. The zero-order chi connectivity index (χ0) is 18.9. The Kier molecular flexibility index (Phi) is 6.00. The molecule has 27 heavy (non-hydrogen) atoms. The molecule has 0 amide bonds. The van der Waals surface area contributed by atoms with Crippen LogP contribution in [0.1, 0.15) is 0 Å². The maximum atomic E-state index is 9.27. The molecule has 2 aromatic carbocycles. The quantitative estimate of drug-likeness (QED) is 0.264. The Hall–Kier alpha value is -3.85. The van der Waals surface area contributed by atoms with Crippen molar-refractivity contribution < 1.29 is 10.2 Å². The smallest absolute Gasteiger partial charge is 0.248 e. The molecule has 0 spiro atoms. The van der Waals surface area contributed by atoms with E-state index < -0.39 is 6.61 Å². The number of rotatable bonds is 8. The lowest BCUT2D eigenvalue weighted by Crippen LogP contribution is -2.19. The van der Waals surface area contributed by atoms with E-state index >= 15 is 0 Å². The van der Waals surface area contributed by atoms with E-state index in [4.69, 9.17) is 5.11 Å². The number of hydrogen-bond donors (Lipinski definition) is 6. The third-order valence-corrected chi connectivity index (χ3v) is 3.28. The lowest BCUT2D eigenvalue weighted by molar-refractivity contribution is 0.251. The van der Waals surface area contributed by atoms with Gasteiger partial charge in [0, 0.05) is 11.4 Å². The fraction of sp³-hybridized carbons (Fsp3) is 0.0556. The van der Waals surface area contributed by atoms with Gasteiger partial charge >= 0.3 is 0 Å². The van der Waals surface area contributed by atoms with Crippen molar-refractivity contribution in [1.82, 2.24) is 20.4 Å². The van der Waals surface area contributed by atoms with E-state index in [1.807, 2.05) is 60.7 Å². The molecule has 6 N–H and O–H groups in total. The largest absolute Gasteiger partial charge is 0.508 e. The first-order valence-electron chi connectivity index (χ1n) is 8.13. The van der Waals surface area contributed by atoms with Crippen LogP contribution in [-0.4, -0.2) is 31.8 Å². The van der Waals surface area contributed by atoms with Crippen LogP contribution in [0.25, 0.3) is 0 Å². The molecular weight excluding hydrogens is 346 g/mol. The minimum atomic E-state index is -0.479. The van der Waals surface area contributed by atoms with Crippen LogP contribution in [0.15, 0.2) is 72.6 Å². The lowest BCUT2D eigenvalue weighted by atomic mass is 10.3. The Morgan fingerprint density at radius 2 is 1.26 bits per heavy atom. The molecular formula is C18H19N7O2. The van der Waals surface area contributed by atoms with Crippen molar-refractivity contribution in [3.63, 3.8) is 0 Å². The van der Waals surface area contributed by atoms with Crippen LogP contribution in [0.3, 0.4) is 0 Å². The zero-order valence-electron chi connectivity index (χ0n) is 14.3. The summed E-state index contributed by atoms with van der Waals surface area (Å²) in [7, 11) is 0. The summed E-state index contributed by atoms with van der Waals surface area (Å²) in [5, 5.41) is 24.3. The molecule has 0 aliphatic carbocycles. The number of nitrogens with one attached hydrogen (secondary N) is 4. The highest BCUT2D eigenvalue weighted by Crippen LogP contribution is 2.18. The van der Waals surface area contributed by atoms with Gasteiger partial charge in [0.05, 0.1) is 6.20 Å². The second kappa shape index (κ2) is 9.02. The van der Waals surface area contributed by atoms with Gasteiger partial charge in [-0.05, 0) is 24.3 Å².